The highest BCUT2D eigenvalue weighted by molar-refractivity contribution is 9.10. The molecule has 88 valence electrons. The fourth-order valence-corrected chi connectivity index (χ4v) is 1.53. The number of benzene rings is 1. The lowest BCUT2D eigenvalue weighted by Gasteiger charge is -2.07. The van der Waals surface area contributed by atoms with Gasteiger partial charge < -0.3 is 16.2 Å². The third-order valence-corrected chi connectivity index (χ3v) is 2.53. The maximum absolute atomic E-state index is 13.4. The van der Waals surface area contributed by atoms with Gasteiger partial charge in [0.2, 0.25) is 5.88 Å². The molecule has 1 aromatic heterocycles. The number of rotatable bonds is 2. The van der Waals surface area contributed by atoms with Gasteiger partial charge in [0.25, 0.3) is 0 Å². The van der Waals surface area contributed by atoms with Crippen molar-refractivity contribution in [3.8, 4) is 11.6 Å². The van der Waals surface area contributed by atoms with Gasteiger partial charge in [0.1, 0.15) is 0 Å². The standard InChI is InChI=1S/C11H9BrFN3O/c12-6-1-2-7(13)9(5-6)17-10-4-3-8(14)11(15)16-10/h1-5H,14H2,(H2,15,16). The van der Waals surface area contributed by atoms with Crippen molar-refractivity contribution in [2.75, 3.05) is 11.5 Å². The molecular formula is C11H9BrFN3O. The first-order valence-electron chi connectivity index (χ1n) is 4.71. The van der Waals surface area contributed by atoms with Crippen LogP contribution >= 0.6 is 15.9 Å². The van der Waals surface area contributed by atoms with Gasteiger partial charge in [0, 0.05) is 10.5 Å². The fraction of sp³-hybridized carbons (Fsp3) is 0. The average molecular weight is 298 g/mol. The molecule has 0 aliphatic carbocycles. The van der Waals surface area contributed by atoms with E-state index in [2.05, 4.69) is 20.9 Å². The highest BCUT2D eigenvalue weighted by Crippen LogP contribution is 2.27. The Kier molecular flexibility index (Phi) is 3.14. The molecule has 0 aliphatic heterocycles. The van der Waals surface area contributed by atoms with Crippen LogP contribution in [0.25, 0.3) is 0 Å². The Morgan fingerprint density at radius 1 is 1.18 bits per heavy atom. The van der Waals surface area contributed by atoms with Crippen molar-refractivity contribution >= 4 is 27.4 Å². The number of ether oxygens (including phenoxy) is 1. The van der Waals surface area contributed by atoms with E-state index < -0.39 is 5.82 Å². The normalized spacial score (nSPS) is 10.2. The summed E-state index contributed by atoms with van der Waals surface area (Å²) in [5, 5.41) is 0. The number of hydrogen-bond donors (Lipinski definition) is 2. The second-order valence-corrected chi connectivity index (χ2v) is 4.22. The van der Waals surface area contributed by atoms with Crippen LogP contribution in [0.4, 0.5) is 15.9 Å². The number of pyridine rings is 1. The molecule has 0 spiro atoms. The van der Waals surface area contributed by atoms with Crippen molar-refractivity contribution in [2.24, 2.45) is 0 Å². The van der Waals surface area contributed by atoms with Crippen LogP contribution in [-0.2, 0) is 0 Å². The predicted octanol–water partition coefficient (Wildman–Crippen LogP) is 2.94. The van der Waals surface area contributed by atoms with E-state index >= 15 is 0 Å². The number of anilines is 2. The third kappa shape index (κ3) is 2.65. The van der Waals surface area contributed by atoms with Crippen LogP contribution < -0.4 is 16.2 Å². The Bertz CT molecular complexity index is 562. The summed E-state index contributed by atoms with van der Waals surface area (Å²) in [7, 11) is 0. The van der Waals surface area contributed by atoms with E-state index in [0.717, 1.165) is 0 Å². The first-order chi connectivity index (χ1) is 8.06. The average Bonchev–Trinajstić information content (AvgIpc) is 2.29. The van der Waals surface area contributed by atoms with E-state index in [1.165, 1.54) is 18.2 Å². The molecule has 4 nitrogen and oxygen atoms in total. The van der Waals surface area contributed by atoms with Crippen molar-refractivity contribution in [1.82, 2.24) is 4.98 Å². The molecule has 17 heavy (non-hydrogen) atoms. The summed E-state index contributed by atoms with van der Waals surface area (Å²) < 4.78 is 19.4. The van der Waals surface area contributed by atoms with Gasteiger partial charge in [0.05, 0.1) is 5.69 Å². The van der Waals surface area contributed by atoms with E-state index in [9.17, 15) is 4.39 Å². The molecule has 0 bridgehead atoms. The van der Waals surface area contributed by atoms with Crippen molar-refractivity contribution in [1.29, 1.82) is 0 Å². The maximum atomic E-state index is 13.4. The molecule has 4 N–H and O–H groups in total. The van der Waals surface area contributed by atoms with Gasteiger partial charge in [-0.25, -0.2) is 4.39 Å². The van der Waals surface area contributed by atoms with Crippen molar-refractivity contribution < 1.29 is 9.13 Å². The molecule has 0 saturated carbocycles. The zero-order valence-corrected chi connectivity index (χ0v) is 10.2. The highest BCUT2D eigenvalue weighted by Gasteiger charge is 2.07. The van der Waals surface area contributed by atoms with Crippen LogP contribution in [0.3, 0.4) is 0 Å². The van der Waals surface area contributed by atoms with Gasteiger partial charge in [-0.05, 0) is 24.3 Å². The molecule has 6 heteroatoms. The van der Waals surface area contributed by atoms with E-state index in [4.69, 9.17) is 16.2 Å². The van der Waals surface area contributed by atoms with Crippen molar-refractivity contribution in [3.05, 3.63) is 40.6 Å². The summed E-state index contributed by atoms with van der Waals surface area (Å²) in [5.41, 5.74) is 11.4. The molecule has 0 fully saturated rings. The first-order valence-corrected chi connectivity index (χ1v) is 5.50. The molecule has 0 radical (unpaired) electrons. The van der Waals surface area contributed by atoms with Crippen LogP contribution in [0.15, 0.2) is 34.8 Å². The second-order valence-electron chi connectivity index (χ2n) is 3.30. The van der Waals surface area contributed by atoms with Crippen molar-refractivity contribution in [2.45, 2.75) is 0 Å². The van der Waals surface area contributed by atoms with E-state index in [0.29, 0.717) is 10.2 Å². The predicted molar refractivity (Wildman–Crippen MR) is 67.2 cm³/mol. The largest absolute Gasteiger partial charge is 0.436 e. The smallest absolute Gasteiger partial charge is 0.221 e. The number of nitrogens with two attached hydrogens (primary N) is 2. The lowest BCUT2D eigenvalue weighted by atomic mass is 10.3. The summed E-state index contributed by atoms with van der Waals surface area (Å²) in [6, 6.07) is 7.44. The first kappa shape index (κ1) is 11.7. The Morgan fingerprint density at radius 3 is 2.65 bits per heavy atom. The molecule has 2 aromatic rings. The molecular weight excluding hydrogens is 289 g/mol. The molecule has 1 aromatic carbocycles. The summed E-state index contributed by atoms with van der Waals surface area (Å²) >= 11 is 3.22. The summed E-state index contributed by atoms with van der Waals surface area (Å²) in [4.78, 5) is 3.89. The summed E-state index contributed by atoms with van der Waals surface area (Å²) in [6.45, 7) is 0. The van der Waals surface area contributed by atoms with E-state index in [1.807, 2.05) is 0 Å². The van der Waals surface area contributed by atoms with Gasteiger partial charge in [0.15, 0.2) is 17.4 Å². The van der Waals surface area contributed by atoms with E-state index in [1.54, 1.807) is 12.1 Å². The Morgan fingerprint density at radius 2 is 1.94 bits per heavy atom. The molecule has 0 saturated heterocycles. The molecule has 1 heterocycles. The number of nitrogens with zero attached hydrogens (tertiary/aromatic N) is 1. The van der Waals surface area contributed by atoms with Crippen LogP contribution in [0.2, 0.25) is 0 Å². The monoisotopic (exact) mass is 297 g/mol. The second kappa shape index (κ2) is 4.58. The molecule has 0 atom stereocenters. The fourth-order valence-electron chi connectivity index (χ4n) is 1.19. The number of aromatic nitrogens is 1. The zero-order valence-electron chi connectivity index (χ0n) is 8.65. The third-order valence-electron chi connectivity index (χ3n) is 2.04. The minimum Gasteiger partial charge on any atom is -0.436 e. The minimum absolute atomic E-state index is 0.0658. The quantitative estimate of drug-likeness (QED) is 0.894. The summed E-state index contributed by atoms with van der Waals surface area (Å²) in [5.74, 6) is -0.0759. The Labute approximate surface area is 106 Å². The van der Waals surface area contributed by atoms with Crippen LogP contribution in [0.1, 0.15) is 0 Å². The number of nitrogen functional groups attached to an aromatic ring is 2. The maximum Gasteiger partial charge on any atom is 0.221 e. The molecule has 0 aliphatic rings. The van der Waals surface area contributed by atoms with Gasteiger partial charge in [-0.3, -0.25) is 0 Å². The SMILES string of the molecule is Nc1ccc(Oc2cc(Br)ccc2F)nc1N. The molecule has 0 amide bonds. The number of hydrogen-bond acceptors (Lipinski definition) is 4. The van der Waals surface area contributed by atoms with Crippen LogP contribution in [0.5, 0.6) is 11.6 Å². The lowest BCUT2D eigenvalue weighted by molar-refractivity contribution is 0.428. The van der Waals surface area contributed by atoms with Gasteiger partial charge in [-0.15, -0.1) is 0 Å². The highest BCUT2D eigenvalue weighted by atomic mass is 79.9. The lowest BCUT2D eigenvalue weighted by Crippen LogP contribution is -1.99. The van der Waals surface area contributed by atoms with Crippen LogP contribution in [0, 0.1) is 5.82 Å². The Hall–Kier alpha value is -1.82. The van der Waals surface area contributed by atoms with E-state index in [-0.39, 0.29) is 17.4 Å². The molecule has 2 rings (SSSR count). The zero-order chi connectivity index (χ0) is 12.4. The summed E-state index contributed by atoms with van der Waals surface area (Å²) in [6.07, 6.45) is 0. The van der Waals surface area contributed by atoms with Gasteiger partial charge >= 0.3 is 0 Å². The van der Waals surface area contributed by atoms with Crippen LogP contribution in [-0.4, -0.2) is 4.98 Å². The Balaban J connectivity index is 2.31. The van der Waals surface area contributed by atoms with Gasteiger partial charge in [-0.1, -0.05) is 15.9 Å². The number of halogens is 2. The van der Waals surface area contributed by atoms with Crippen molar-refractivity contribution in [3.63, 3.8) is 0 Å². The molecule has 0 unspecified atom stereocenters. The minimum atomic E-state index is -0.481. The van der Waals surface area contributed by atoms with Gasteiger partial charge in [-0.2, -0.15) is 4.98 Å². The topological polar surface area (TPSA) is 74.2 Å².